The van der Waals surface area contributed by atoms with Crippen LogP contribution in [0.3, 0.4) is 0 Å². The average Bonchev–Trinajstić information content (AvgIpc) is 2.02. The largest absolute Gasteiger partial charge is 0.478 e. The molecule has 0 fully saturated rings. The zero-order valence-electron chi connectivity index (χ0n) is 8.96. The molecular formula is C11H15NO2. The van der Waals surface area contributed by atoms with Crippen LogP contribution in [0.15, 0.2) is 12.1 Å². The van der Waals surface area contributed by atoms with Crippen molar-refractivity contribution in [2.45, 2.75) is 13.8 Å². The van der Waals surface area contributed by atoms with E-state index in [9.17, 15) is 4.79 Å². The van der Waals surface area contributed by atoms with Crippen molar-refractivity contribution in [1.29, 1.82) is 0 Å². The Bertz CT molecular complexity index is 370. The van der Waals surface area contributed by atoms with Crippen LogP contribution in [-0.4, -0.2) is 25.2 Å². The highest BCUT2D eigenvalue weighted by Crippen LogP contribution is 2.25. The number of anilines is 1. The van der Waals surface area contributed by atoms with E-state index >= 15 is 0 Å². The van der Waals surface area contributed by atoms with Crippen molar-refractivity contribution < 1.29 is 9.90 Å². The number of nitrogens with zero attached hydrogens (tertiary/aromatic N) is 1. The Kier molecular flexibility index (Phi) is 2.79. The third kappa shape index (κ3) is 1.71. The van der Waals surface area contributed by atoms with Gasteiger partial charge in [0.25, 0.3) is 0 Å². The third-order valence-electron chi connectivity index (χ3n) is 2.31. The summed E-state index contributed by atoms with van der Waals surface area (Å²) < 4.78 is 0. The smallest absolute Gasteiger partial charge is 0.336 e. The van der Waals surface area contributed by atoms with Gasteiger partial charge in [0, 0.05) is 19.8 Å². The maximum Gasteiger partial charge on any atom is 0.336 e. The molecule has 0 bridgehead atoms. The molecule has 1 N–H and O–H groups in total. The van der Waals surface area contributed by atoms with Gasteiger partial charge in [-0.25, -0.2) is 4.79 Å². The van der Waals surface area contributed by atoms with E-state index in [2.05, 4.69) is 0 Å². The lowest BCUT2D eigenvalue weighted by Crippen LogP contribution is -2.14. The minimum Gasteiger partial charge on any atom is -0.478 e. The fourth-order valence-electron chi connectivity index (χ4n) is 1.76. The third-order valence-corrected chi connectivity index (χ3v) is 2.31. The summed E-state index contributed by atoms with van der Waals surface area (Å²) in [6.07, 6.45) is 0. The van der Waals surface area contributed by atoms with Crippen LogP contribution >= 0.6 is 0 Å². The summed E-state index contributed by atoms with van der Waals surface area (Å²) in [4.78, 5) is 12.8. The van der Waals surface area contributed by atoms with E-state index in [1.807, 2.05) is 38.9 Å². The minimum absolute atomic E-state index is 0.374. The summed E-state index contributed by atoms with van der Waals surface area (Å²) in [5.41, 5.74) is 3.28. The lowest BCUT2D eigenvalue weighted by atomic mass is 10.0. The fourth-order valence-corrected chi connectivity index (χ4v) is 1.76. The molecule has 0 aliphatic carbocycles. The predicted molar refractivity (Wildman–Crippen MR) is 57.2 cm³/mol. The zero-order chi connectivity index (χ0) is 10.9. The second kappa shape index (κ2) is 3.70. The van der Waals surface area contributed by atoms with Crippen LogP contribution in [0.4, 0.5) is 5.69 Å². The number of rotatable bonds is 2. The Hall–Kier alpha value is -1.51. The van der Waals surface area contributed by atoms with Gasteiger partial charge in [0.1, 0.15) is 0 Å². The summed E-state index contributed by atoms with van der Waals surface area (Å²) in [6, 6.07) is 3.49. The molecule has 0 aromatic heterocycles. The van der Waals surface area contributed by atoms with Gasteiger partial charge in [-0.2, -0.15) is 0 Å². The summed E-state index contributed by atoms with van der Waals surface area (Å²) in [5, 5.41) is 8.94. The standard InChI is InChI=1S/C11H15NO2/c1-7-5-6-9(11(13)14)8(2)10(7)12(3)4/h5-6H,1-4H3,(H,13,14). The molecule has 0 radical (unpaired) electrons. The maximum atomic E-state index is 10.9. The van der Waals surface area contributed by atoms with E-state index in [0.29, 0.717) is 5.56 Å². The van der Waals surface area contributed by atoms with Gasteiger partial charge in [-0.05, 0) is 31.0 Å². The number of carbonyl (C=O) groups is 1. The Labute approximate surface area is 84.0 Å². The first-order chi connectivity index (χ1) is 6.45. The van der Waals surface area contributed by atoms with Crippen LogP contribution in [0.2, 0.25) is 0 Å². The van der Waals surface area contributed by atoms with Crippen molar-refractivity contribution in [3.63, 3.8) is 0 Å². The van der Waals surface area contributed by atoms with E-state index in [-0.39, 0.29) is 0 Å². The zero-order valence-corrected chi connectivity index (χ0v) is 8.96. The number of benzene rings is 1. The van der Waals surface area contributed by atoms with E-state index in [1.54, 1.807) is 6.07 Å². The van der Waals surface area contributed by atoms with Crippen LogP contribution in [0.1, 0.15) is 21.5 Å². The average molecular weight is 193 g/mol. The van der Waals surface area contributed by atoms with Crippen molar-refractivity contribution in [3.05, 3.63) is 28.8 Å². The first kappa shape index (κ1) is 10.6. The van der Waals surface area contributed by atoms with Crippen LogP contribution in [0.5, 0.6) is 0 Å². The molecule has 76 valence electrons. The number of hydrogen-bond acceptors (Lipinski definition) is 2. The summed E-state index contributed by atoms with van der Waals surface area (Å²) >= 11 is 0. The van der Waals surface area contributed by atoms with Gasteiger partial charge in [-0.3, -0.25) is 0 Å². The monoisotopic (exact) mass is 193 g/mol. The predicted octanol–water partition coefficient (Wildman–Crippen LogP) is 2.07. The van der Waals surface area contributed by atoms with Gasteiger partial charge in [0.05, 0.1) is 5.56 Å². The topological polar surface area (TPSA) is 40.5 Å². The fraction of sp³-hybridized carbons (Fsp3) is 0.364. The van der Waals surface area contributed by atoms with Gasteiger partial charge < -0.3 is 10.0 Å². The van der Waals surface area contributed by atoms with Gasteiger partial charge in [0.15, 0.2) is 0 Å². The molecule has 3 nitrogen and oxygen atoms in total. The van der Waals surface area contributed by atoms with E-state index in [4.69, 9.17) is 5.11 Å². The molecule has 14 heavy (non-hydrogen) atoms. The van der Waals surface area contributed by atoms with Gasteiger partial charge >= 0.3 is 5.97 Å². The van der Waals surface area contributed by atoms with Crippen LogP contribution in [-0.2, 0) is 0 Å². The molecule has 0 saturated heterocycles. The van der Waals surface area contributed by atoms with Crippen molar-refractivity contribution in [2.24, 2.45) is 0 Å². The van der Waals surface area contributed by atoms with Crippen molar-refractivity contribution >= 4 is 11.7 Å². The molecule has 0 aliphatic heterocycles. The van der Waals surface area contributed by atoms with E-state index < -0.39 is 5.97 Å². The lowest BCUT2D eigenvalue weighted by Gasteiger charge is -2.19. The molecule has 1 aromatic rings. The van der Waals surface area contributed by atoms with Crippen LogP contribution < -0.4 is 4.90 Å². The number of carboxylic acid groups (broad SMARTS) is 1. The highest BCUT2D eigenvalue weighted by atomic mass is 16.4. The van der Waals surface area contributed by atoms with Crippen molar-refractivity contribution in [2.75, 3.05) is 19.0 Å². The first-order valence-electron chi connectivity index (χ1n) is 4.46. The van der Waals surface area contributed by atoms with Crippen molar-refractivity contribution in [1.82, 2.24) is 0 Å². The highest BCUT2D eigenvalue weighted by Gasteiger charge is 2.13. The van der Waals surface area contributed by atoms with Crippen LogP contribution in [0, 0.1) is 13.8 Å². The second-order valence-electron chi connectivity index (χ2n) is 3.60. The minimum atomic E-state index is -0.870. The van der Waals surface area contributed by atoms with Crippen molar-refractivity contribution in [3.8, 4) is 0 Å². The molecule has 1 rings (SSSR count). The molecule has 0 heterocycles. The van der Waals surface area contributed by atoms with Gasteiger partial charge in [0.2, 0.25) is 0 Å². The number of aromatic carboxylic acids is 1. The van der Waals surface area contributed by atoms with Crippen LogP contribution in [0.25, 0.3) is 0 Å². The summed E-state index contributed by atoms with van der Waals surface area (Å²) in [7, 11) is 3.84. The lowest BCUT2D eigenvalue weighted by molar-refractivity contribution is 0.0696. The normalized spacial score (nSPS) is 10.0. The quantitative estimate of drug-likeness (QED) is 0.781. The summed E-state index contributed by atoms with van der Waals surface area (Å²) in [6.45, 7) is 3.82. The first-order valence-corrected chi connectivity index (χ1v) is 4.46. The number of carboxylic acids is 1. The Morgan fingerprint density at radius 1 is 1.29 bits per heavy atom. The second-order valence-corrected chi connectivity index (χ2v) is 3.60. The maximum absolute atomic E-state index is 10.9. The molecule has 3 heteroatoms. The SMILES string of the molecule is Cc1ccc(C(=O)O)c(C)c1N(C)C. The Morgan fingerprint density at radius 2 is 1.86 bits per heavy atom. The number of aryl methyl sites for hydroxylation is 1. The summed E-state index contributed by atoms with van der Waals surface area (Å²) in [5.74, 6) is -0.870. The highest BCUT2D eigenvalue weighted by molar-refractivity contribution is 5.91. The molecule has 0 amide bonds. The number of hydrogen-bond donors (Lipinski definition) is 1. The molecule has 0 atom stereocenters. The molecule has 0 unspecified atom stereocenters. The molecule has 0 spiro atoms. The molecule has 0 saturated carbocycles. The van der Waals surface area contributed by atoms with E-state index in [1.165, 1.54) is 0 Å². The van der Waals surface area contributed by atoms with Gasteiger partial charge in [-0.1, -0.05) is 6.07 Å². The Balaban J connectivity index is 3.41. The molecule has 1 aromatic carbocycles. The molecular weight excluding hydrogens is 178 g/mol. The van der Waals surface area contributed by atoms with Gasteiger partial charge in [-0.15, -0.1) is 0 Å². The Morgan fingerprint density at radius 3 is 2.29 bits per heavy atom. The molecule has 0 aliphatic rings. The van der Waals surface area contributed by atoms with E-state index in [0.717, 1.165) is 16.8 Å².